The molecule has 1 amide bonds. The lowest BCUT2D eigenvalue weighted by atomic mass is 10.1. The molecule has 0 radical (unpaired) electrons. The fourth-order valence-corrected chi connectivity index (χ4v) is 2.95. The van der Waals surface area contributed by atoms with Crippen LogP contribution in [0.1, 0.15) is 29.7 Å². The van der Waals surface area contributed by atoms with Crippen molar-refractivity contribution >= 4 is 17.5 Å². The van der Waals surface area contributed by atoms with Gasteiger partial charge in [0.1, 0.15) is 18.4 Å². The smallest absolute Gasteiger partial charge is 0.275 e. The molecule has 3 N–H and O–H groups in total. The van der Waals surface area contributed by atoms with Crippen LogP contribution in [0.2, 0.25) is 5.02 Å². The number of rotatable bonds is 8. The van der Waals surface area contributed by atoms with Crippen LogP contribution in [0.15, 0.2) is 42.5 Å². The number of nitrogens with one attached hydrogen (secondary N) is 1. The van der Waals surface area contributed by atoms with Gasteiger partial charge in [-0.05, 0) is 38.5 Å². The molecule has 0 saturated heterocycles. The quantitative estimate of drug-likeness (QED) is 0.710. The Hall–Kier alpha value is -2.04. The van der Waals surface area contributed by atoms with Gasteiger partial charge in [-0.2, -0.15) is 0 Å². The first kappa shape index (κ1) is 19.3. The van der Waals surface area contributed by atoms with Crippen molar-refractivity contribution in [2.45, 2.75) is 26.8 Å². The van der Waals surface area contributed by atoms with Crippen molar-refractivity contribution in [2.75, 3.05) is 19.7 Å². The molecule has 0 heterocycles. The molecule has 5 heteroatoms. The first-order valence-electron chi connectivity index (χ1n) is 8.52. The molecule has 2 aromatic rings. The molecule has 0 fully saturated rings. The molecule has 0 aliphatic rings. The summed E-state index contributed by atoms with van der Waals surface area (Å²) in [5.74, 6) is 0.849. The first-order valence-corrected chi connectivity index (χ1v) is 8.89. The summed E-state index contributed by atoms with van der Waals surface area (Å²) in [7, 11) is 0. The van der Waals surface area contributed by atoms with E-state index in [1.54, 1.807) is 0 Å². The van der Waals surface area contributed by atoms with Gasteiger partial charge >= 0.3 is 0 Å². The van der Waals surface area contributed by atoms with Crippen LogP contribution in [-0.2, 0) is 4.79 Å². The summed E-state index contributed by atoms with van der Waals surface area (Å²) < 4.78 is 5.71. The average Bonchev–Trinajstić information content (AvgIpc) is 2.58. The number of ether oxygens (including phenoxy) is 1. The lowest BCUT2D eigenvalue weighted by Crippen LogP contribution is -2.87. The zero-order valence-corrected chi connectivity index (χ0v) is 15.8. The van der Waals surface area contributed by atoms with Crippen molar-refractivity contribution in [3.63, 3.8) is 0 Å². The molecule has 2 rings (SSSR count). The number of hydrogen-bond donors (Lipinski definition) is 2. The summed E-state index contributed by atoms with van der Waals surface area (Å²) >= 11 is 6.18. The van der Waals surface area contributed by atoms with E-state index in [0.29, 0.717) is 19.7 Å². The van der Waals surface area contributed by atoms with E-state index in [4.69, 9.17) is 16.3 Å². The zero-order chi connectivity index (χ0) is 18.2. The standard InChI is InChI=1S/C20H25ClN2O2/c1-14-8-9-19(15(2)12-14)25-11-10-22-20(24)13-23-16(3)17-6-4-5-7-18(17)21/h4-9,12,16,23H,10-11,13H2,1-3H3,(H,22,24)/p+1/t16-/m1/s1. The van der Waals surface area contributed by atoms with Crippen molar-refractivity contribution < 1.29 is 14.8 Å². The topological polar surface area (TPSA) is 54.9 Å². The number of amides is 1. The van der Waals surface area contributed by atoms with E-state index in [1.165, 1.54) is 5.56 Å². The Labute approximate surface area is 154 Å². The van der Waals surface area contributed by atoms with Crippen LogP contribution in [0.5, 0.6) is 5.75 Å². The Bertz CT molecular complexity index is 719. The number of nitrogens with two attached hydrogens (primary N) is 1. The zero-order valence-electron chi connectivity index (χ0n) is 15.0. The van der Waals surface area contributed by atoms with Gasteiger partial charge < -0.3 is 15.4 Å². The van der Waals surface area contributed by atoms with E-state index in [0.717, 1.165) is 21.9 Å². The van der Waals surface area contributed by atoms with Gasteiger partial charge in [-0.25, -0.2) is 0 Å². The second-order valence-electron chi connectivity index (χ2n) is 6.22. The highest BCUT2D eigenvalue weighted by Crippen LogP contribution is 2.19. The van der Waals surface area contributed by atoms with Crippen LogP contribution in [0, 0.1) is 13.8 Å². The molecule has 0 aliphatic heterocycles. The minimum Gasteiger partial charge on any atom is -0.491 e. The van der Waals surface area contributed by atoms with Crippen molar-refractivity contribution in [3.8, 4) is 5.75 Å². The van der Waals surface area contributed by atoms with Gasteiger partial charge in [0.2, 0.25) is 0 Å². The Kier molecular flexibility index (Phi) is 7.29. The molecule has 0 unspecified atom stereocenters. The SMILES string of the molecule is Cc1ccc(OCCNC(=O)C[NH2+][C@H](C)c2ccccc2Cl)c(C)c1. The van der Waals surface area contributed by atoms with Gasteiger partial charge in [-0.3, -0.25) is 4.79 Å². The van der Waals surface area contributed by atoms with Gasteiger partial charge in [0, 0.05) is 10.6 Å². The molecule has 2 aromatic carbocycles. The molecular weight excluding hydrogens is 336 g/mol. The molecular formula is C20H26ClN2O2+. The monoisotopic (exact) mass is 361 g/mol. The first-order chi connectivity index (χ1) is 12.0. The molecule has 134 valence electrons. The lowest BCUT2D eigenvalue weighted by Gasteiger charge is -2.13. The highest BCUT2D eigenvalue weighted by atomic mass is 35.5. The van der Waals surface area contributed by atoms with Crippen LogP contribution in [0.25, 0.3) is 0 Å². The van der Waals surface area contributed by atoms with E-state index in [-0.39, 0.29) is 11.9 Å². The van der Waals surface area contributed by atoms with E-state index in [1.807, 2.05) is 55.6 Å². The third kappa shape index (κ3) is 6.07. The van der Waals surface area contributed by atoms with Crippen LogP contribution in [0.3, 0.4) is 0 Å². The number of aryl methyl sites for hydroxylation is 2. The molecule has 0 saturated carbocycles. The number of benzene rings is 2. The fourth-order valence-electron chi connectivity index (χ4n) is 2.64. The minimum absolute atomic E-state index is 0.0110. The largest absolute Gasteiger partial charge is 0.491 e. The molecule has 0 spiro atoms. The maximum absolute atomic E-state index is 12.0. The van der Waals surface area contributed by atoms with Crippen molar-refractivity contribution in [3.05, 3.63) is 64.2 Å². The third-order valence-corrected chi connectivity index (χ3v) is 4.41. The predicted molar refractivity (Wildman–Crippen MR) is 101 cm³/mol. The Morgan fingerprint density at radius 1 is 1.24 bits per heavy atom. The second-order valence-corrected chi connectivity index (χ2v) is 6.62. The maximum Gasteiger partial charge on any atom is 0.275 e. The summed E-state index contributed by atoms with van der Waals surface area (Å²) in [6, 6.07) is 13.9. The fraction of sp³-hybridized carbons (Fsp3) is 0.350. The van der Waals surface area contributed by atoms with E-state index < -0.39 is 0 Å². The van der Waals surface area contributed by atoms with Gasteiger partial charge in [0.05, 0.1) is 6.54 Å². The second kappa shape index (κ2) is 9.44. The van der Waals surface area contributed by atoms with Crippen LogP contribution in [0.4, 0.5) is 0 Å². The molecule has 25 heavy (non-hydrogen) atoms. The summed E-state index contributed by atoms with van der Waals surface area (Å²) in [4.78, 5) is 12.0. The Morgan fingerprint density at radius 2 is 2.00 bits per heavy atom. The van der Waals surface area contributed by atoms with Gasteiger partial charge in [-0.15, -0.1) is 0 Å². The minimum atomic E-state index is -0.0110. The molecule has 4 nitrogen and oxygen atoms in total. The summed E-state index contributed by atoms with van der Waals surface area (Å²) in [6.07, 6.45) is 0. The van der Waals surface area contributed by atoms with Gasteiger partial charge in [-0.1, -0.05) is 47.5 Å². The summed E-state index contributed by atoms with van der Waals surface area (Å²) in [5.41, 5.74) is 3.35. The highest BCUT2D eigenvalue weighted by Gasteiger charge is 2.13. The molecule has 0 aliphatic carbocycles. The van der Waals surface area contributed by atoms with E-state index in [9.17, 15) is 4.79 Å². The van der Waals surface area contributed by atoms with E-state index in [2.05, 4.69) is 18.3 Å². The van der Waals surface area contributed by atoms with Gasteiger partial charge in [0.25, 0.3) is 5.91 Å². The molecule has 0 aromatic heterocycles. The molecule has 0 bridgehead atoms. The highest BCUT2D eigenvalue weighted by molar-refractivity contribution is 6.31. The van der Waals surface area contributed by atoms with Crippen molar-refractivity contribution in [1.82, 2.24) is 5.32 Å². The number of halogens is 1. The summed E-state index contributed by atoms with van der Waals surface area (Å²) in [5, 5.41) is 5.58. The summed E-state index contributed by atoms with van der Waals surface area (Å²) in [6.45, 7) is 7.41. The van der Waals surface area contributed by atoms with Gasteiger partial charge in [0.15, 0.2) is 6.54 Å². The average molecular weight is 362 g/mol. The number of carbonyl (C=O) groups is 1. The normalized spacial score (nSPS) is 11.8. The predicted octanol–water partition coefficient (Wildman–Crippen LogP) is 2.78. The van der Waals surface area contributed by atoms with Crippen LogP contribution < -0.4 is 15.4 Å². The van der Waals surface area contributed by atoms with E-state index >= 15 is 0 Å². The third-order valence-electron chi connectivity index (χ3n) is 4.06. The van der Waals surface area contributed by atoms with Crippen LogP contribution >= 0.6 is 11.6 Å². The number of hydrogen-bond acceptors (Lipinski definition) is 2. The van der Waals surface area contributed by atoms with Crippen molar-refractivity contribution in [1.29, 1.82) is 0 Å². The van der Waals surface area contributed by atoms with Crippen molar-refractivity contribution in [2.24, 2.45) is 0 Å². The lowest BCUT2D eigenvalue weighted by molar-refractivity contribution is -0.682. The Balaban J connectivity index is 1.68. The number of quaternary nitrogens is 1. The maximum atomic E-state index is 12.0. The molecule has 1 atom stereocenters. The van der Waals surface area contributed by atoms with Crippen LogP contribution in [-0.4, -0.2) is 25.6 Å². The number of carbonyl (C=O) groups excluding carboxylic acids is 1. The Morgan fingerprint density at radius 3 is 2.72 bits per heavy atom.